The second-order valence-electron chi connectivity index (χ2n) is 9.98. The lowest BCUT2D eigenvalue weighted by molar-refractivity contribution is -0.145. The third-order valence-corrected chi connectivity index (χ3v) is 9.03. The van der Waals surface area contributed by atoms with Crippen molar-refractivity contribution in [3.8, 4) is 17.0 Å². The summed E-state index contributed by atoms with van der Waals surface area (Å²) in [6.07, 6.45) is 3.88. The Hall–Kier alpha value is -3.76. The number of amides is 2. The second kappa shape index (κ2) is 11.5. The molecule has 2 amide bonds. The number of sulfonamides is 1. The summed E-state index contributed by atoms with van der Waals surface area (Å²) in [6.45, 7) is 0.421. The number of hydrogen-bond acceptors (Lipinski definition) is 6. The number of rotatable bonds is 7. The lowest BCUT2D eigenvalue weighted by Crippen LogP contribution is -2.54. The molecule has 2 aliphatic rings. The summed E-state index contributed by atoms with van der Waals surface area (Å²) in [6, 6.07) is 19.6. The summed E-state index contributed by atoms with van der Waals surface area (Å²) in [7, 11) is -2.17. The number of carbonyl (C=O) groups excluding carboxylic acids is 2. The van der Waals surface area contributed by atoms with E-state index in [2.05, 4.69) is 15.0 Å². The molecule has 1 aliphatic heterocycles. The molecule has 1 atom stereocenters. The highest BCUT2D eigenvalue weighted by Crippen LogP contribution is 2.31. The van der Waals surface area contributed by atoms with Crippen LogP contribution in [0.25, 0.3) is 11.1 Å². The largest absolute Gasteiger partial charge is 0.481 e. The molecular formula is C29H32N4O5S. The lowest BCUT2D eigenvalue weighted by Gasteiger charge is -2.39. The van der Waals surface area contributed by atoms with E-state index in [0.29, 0.717) is 38.1 Å². The topological polar surface area (TPSA) is 118 Å². The number of hydrogen-bond donors (Lipinski definition) is 2. The lowest BCUT2D eigenvalue weighted by atomic mass is 9.85. The number of nitrogens with one attached hydrogen (secondary N) is 2. The Morgan fingerprint density at radius 2 is 1.72 bits per heavy atom. The van der Waals surface area contributed by atoms with Crippen LogP contribution in [0.3, 0.4) is 0 Å². The van der Waals surface area contributed by atoms with Crippen molar-refractivity contribution >= 4 is 21.8 Å². The SMILES string of the molecule is COc1cc(-c2ccc(S(=O)(=O)NC3CCC(C(=O)N4CC(=O)NC[C@@H]4c4ccccc4)CC3)cc2)ccn1. The van der Waals surface area contributed by atoms with Crippen molar-refractivity contribution in [2.75, 3.05) is 20.2 Å². The van der Waals surface area contributed by atoms with E-state index in [-0.39, 0.29) is 41.3 Å². The van der Waals surface area contributed by atoms with Gasteiger partial charge in [0.1, 0.15) is 6.54 Å². The first-order chi connectivity index (χ1) is 18.8. The molecule has 0 unspecified atom stereocenters. The summed E-state index contributed by atoms with van der Waals surface area (Å²) in [5, 5.41) is 2.87. The Labute approximate surface area is 228 Å². The molecule has 5 rings (SSSR count). The maximum atomic E-state index is 13.5. The molecule has 39 heavy (non-hydrogen) atoms. The molecule has 1 saturated heterocycles. The van der Waals surface area contributed by atoms with Crippen molar-refractivity contribution in [3.05, 3.63) is 78.5 Å². The number of methoxy groups -OCH3 is 1. The van der Waals surface area contributed by atoms with Crippen LogP contribution >= 0.6 is 0 Å². The monoisotopic (exact) mass is 548 g/mol. The van der Waals surface area contributed by atoms with Gasteiger partial charge in [-0.1, -0.05) is 42.5 Å². The first-order valence-electron chi connectivity index (χ1n) is 13.1. The molecule has 204 valence electrons. The number of aromatic nitrogens is 1. The summed E-state index contributed by atoms with van der Waals surface area (Å²) in [5.41, 5.74) is 2.72. The van der Waals surface area contributed by atoms with Gasteiger partial charge in [0, 0.05) is 30.8 Å². The third-order valence-electron chi connectivity index (χ3n) is 7.49. The Kier molecular flexibility index (Phi) is 7.94. The van der Waals surface area contributed by atoms with Crippen molar-refractivity contribution in [1.29, 1.82) is 0 Å². The first-order valence-corrected chi connectivity index (χ1v) is 14.6. The fourth-order valence-corrected chi connectivity index (χ4v) is 6.66. The van der Waals surface area contributed by atoms with Crippen LogP contribution in [0, 0.1) is 5.92 Å². The summed E-state index contributed by atoms with van der Waals surface area (Å²) >= 11 is 0. The molecule has 1 saturated carbocycles. The van der Waals surface area contributed by atoms with Gasteiger partial charge in [-0.15, -0.1) is 0 Å². The van der Waals surface area contributed by atoms with Crippen molar-refractivity contribution in [1.82, 2.24) is 19.9 Å². The van der Waals surface area contributed by atoms with Crippen molar-refractivity contribution in [2.24, 2.45) is 5.92 Å². The van der Waals surface area contributed by atoms with E-state index in [1.807, 2.05) is 36.4 Å². The van der Waals surface area contributed by atoms with Crippen molar-refractivity contribution in [2.45, 2.75) is 42.7 Å². The van der Waals surface area contributed by atoms with Gasteiger partial charge in [-0.3, -0.25) is 9.59 Å². The quantitative estimate of drug-likeness (QED) is 0.468. The van der Waals surface area contributed by atoms with Gasteiger partial charge in [0.15, 0.2) is 0 Å². The minimum Gasteiger partial charge on any atom is -0.481 e. The molecule has 2 fully saturated rings. The van der Waals surface area contributed by atoms with Gasteiger partial charge in [-0.05, 0) is 60.6 Å². The zero-order valence-electron chi connectivity index (χ0n) is 21.7. The number of nitrogens with zero attached hydrogens (tertiary/aromatic N) is 2. The molecule has 1 aromatic heterocycles. The molecule has 2 aromatic carbocycles. The van der Waals surface area contributed by atoms with Crippen LogP contribution in [0.15, 0.2) is 77.8 Å². The van der Waals surface area contributed by atoms with Crippen LogP contribution in [0.5, 0.6) is 5.88 Å². The molecular weight excluding hydrogens is 516 g/mol. The van der Waals surface area contributed by atoms with Crippen molar-refractivity contribution in [3.63, 3.8) is 0 Å². The van der Waals surface area contributed by atoms with Gasteiger partial charge in [0.25, 0.3) is 0 Å². The standard InChI is InChI=1S/C29H32N4O5S/c1-38-28-17-23(15-16-30-28)20-9-13-25(14-10-20)39(36,37)32-24-11-7-22(8-12-24)29(35)33-19-27(34)31-18-26(33)21-5-3-2-4-6-21/h2-6,9-10,13-17,22,24,26,32H,7-8,11-12,18-19H2,1H3,(H,31,34)/t22?,24?,26-/m1/s1. The Morgan fingerprint density at radius 1 is 1.00 bits per heavy atom. The number of ether oxygens (including phenoxy) is 1. The van der Waals surface area contributed by atoms with Crippen LogP contribution in [-0.2, 0) is 19.6 Å². The van der Waals surface area contributed by atoms with E-state index in [9.17, 15) is 18.0 Å². The van der Waals surface area contributed by atoms with Crippen molar-refractivity contribution < 1.29 is 22.7 Å². The van der Waals surface area contributed by atoms with E-state index in [4.69, 9.17) is 4.74 Å². The Bertz CT molecular complexity index is 1420. The molecule has 0 radical (unpaired) electrons. The highest BCUT2D eigenvalue weighted by molar-refractivity contribution is 7.89. The molecule has 2 N–H and O–H groups in total. The average molecular weight is 549 g/mol. The van der Waals surface area contributed by atoms with Crippen LogP contribution in [0.1, 0.15) is 37.3 Å². The second-order valence-corrected chi connectivity index (χ2v) is 11.7. The first kappa shape index (κ1) is 26.8. The zero-order chi connectivity index (χ0) is 27.4. The van der Waals surface area contributed by atoms with E-state index in [1.165, 1.54) is 0 Å². The minimum atomic E-state index is -3.72. The summed E-state index contributed by atoms with van der Waals surface area (Å²) in [4.78, 5) is 31.6. The molecule has 10 heteroatoms. The predicted octanol–water partition coefficient (Wildman–Crippen LogP) is 3.29. The van der Waals surface area contributed by atoms with Crippen LogP contribution in [0.2, 0.25) is 0 Å². The van der Waals surface area contributed by atoms with E-state index >= 15 is 0 Å². The van der Waals surface area contributed by atoms with E-state index in [0.717, 1.165) is 16.7 Å². The normalized spacial score (nSPS) is 21.7. The fraction of sp³-hybridized carbons (Fsp3) is 0.345. The van der Waals surface area contributed by atoms with Gasteiger partial charge in [0.2, 0.25) is 27.7 Å². The molecule has 0 bridgehead atoms. The highest BCUT2D eigenvalue weighted by Gasteiger charge is 2.37. The summed E-state index contributed by atoms with van der Waals surface area (Å²) in [5.74, 6) is 0.0491. The van der Waals surface area contributed by atoms with E-state index in [1.54, 1.807) is 48.5 Å². The van der Waals surface area contributed by atoms with Gasteiger partial charge in [-0.2, -0.15) is 0 Å². The molecule has 1 aliphatic carbocycles. The van der Waals surface area contributed by atoms with Crippen LogP contribution in [-0.4, -0.2) is 56.4 Å². The Morgan fingerprint density at radius 3 is 2.41 bits per heavy atom. The number of piperazine rings is 1. The van der Waals surface area contributed by atoms with Gasteiger partial charge in [0.05, 0.1) is 18.0 Å². The Balaban J connectivity index is 1.20. The predicted molar refractivity (Wildman–Crippen MR) is 146 cm³/mol. The molecule has 0 spiro atoms. The highest BCUT2D eigenvalue weighted by atomic mass is 32.2. The van der Waals surface area contributed by atoms with Gasteiger partial charge >= 0.3 is 0 Å². The van der Waals surface area contributed by atoms with Gasteiger partial charge in [-0.25, -0.2) is 18.1 Å². The maximum absolute atomic E-state index is 13.5. The van der Waals surface area contributed by atoms with E-state index < -0.39 is 10.0 Å². The zero-order valence-corrected chi connectivity index (χ0v) is 22.6. The molecule has 2 heterocycles. The third kappa shape index (κ3) is 6.12. The average Bonchev–Trinajstić information content (AvgIpc) is 2.97. The minimum absolute atomic E-state index is 0.0349. The van der Waals surface area contributed by atoms with Crippen LogP contribution in [0.4, 0.5) is 0 Å². The van der Waals surface area contributed by atoms with Crippen LogP contribution < -0.4 is 14.8 Å². The number of pyridine rings is 1. The molecule has 3 aromatic rings. The maximum Gasteiger partial charge on any atom is 0.240 e. The number of benzene rings is 2. The smallest absolute Gasteiger partial charge is 0.240 e. The number of carbonyl (C=O) groups is 2. The fourth-order valence-electron chi connectivity index (χ4n) is 5.35. The summed E-state index contributed by atoms with van der Waals surface area (Å²) < 4.78 is 34.2. The van der Waals surface area contributed by atoms with Gasteiger partial charge < -0.3 is 15.0 Å². The molecule has 9 nitrogen and oxygen atoms in total.